The van der Waals surface area contributed by atoms with Gasteiger partial charge in [0, 0.05) is 36.8 Å². The molecule has 0 bridgehead atoms. The standard InChI is InChI=1S/C17H24ClN3O2/c1-12(2)11-15(17(23)21-9-7-19-8-10-21)20-16(22)13-3-5-14(18)6-4-13/h3-6,12,15,19H,7-11H2,1-2H3,(H,20,22). The summed E-state index contributed by atoms with van der Waals surface area (Å²) < 4.78 is 0. The van der Waals surface area contributed by atoms with Gasteiger partial charge in [-0.15, -0.1) is 0 Å². The average molecular weight is 338 g/mol. The lowest BCUT2D eigenvalue weighted by Crippen LogP contribution is -2.54. The van der Waals surface area contributed by atoms with E-state index in [4.69, 9.17) is 11.6 Å². The van der Waals surface area contributed by atoms with Crippen LogP contribution in [0.1, 0.15) is 30.6 Å². The Bertz CT molecular complexity index is 539. The van der Waals surface area contributed by atoms with E-state index in [9.17, 15) is 9.59 Å². The summed E-state index contributed by atoms with van der Waals surface area (Å²) in [5.74, 6) is 0.0793. The molecule has 0 aromatic heterocycles. The van der Waals surface area contributed by atoms with Crippen LogP contribution in [0.2, 0.25) is 5.02 Å². The number of hydrogen-bond acceptors (Lipinski definition) is 3. The Balaban J connectivity index is 2.06. The SMILES string of the molecule is CC(C)CC(NC(=O)c1ccc(Cl)cc1)C(=O)N1CCNCC1. The number of halogens is 1. The molecular formula is C17H24ClN3O2. The monoisotopic (exact) mass is 337 g/mol. The number of carbonyl (C=O) groups is 2. The van der Waals surface area contributed by atoms with E-state index in [-0.39, 0.29) is 11.8 Å². The first-order chi connectivity index (χ1) is 11.0. The van der Waals surface area contributed by atoms with Crippen LogP contribution in [0.5, 0.6) is 0 Å². The van der Waals surface area contributed by atoms with Gasteiger partial charge in [-0.3, -0.25) is 9.59 Å². The molecule has 0 aliphatic carbocycles. The summed E-state index contributed by atoms with van der Waals surface area (Å²) in [7, 11) is 0. The molecule has 1 heterocycles. The third-order valence-electron chi connectivity index (χ3n) is 3.85. The minimum atomic E-state index is -0.490. The Kier molecular flexibility index (Phi) is 6.42. The summed E-state index contributed by atoms with van der Waals surface area (Å²) in [6.45, 7) is 7.06. The molecule has 1 atom stereocenters. The van der Waals surface area contributed by atoms with E-state index in [0.29, 0.717) is 36.0 Å². The van der Waals surface area contributed by atoms with Gasteiger partial charge in [0.2, 0.25) is 5.91 Å². The average Bonchev–Trinajstić information content (AvgIpc) is 2.54. The maximum absolute atomic E-state index is 12.7. The van der Waals surface area contributed by atoms with Crippen molar-refractivity contribution in [3.8, 4) is 0 Å². The second kappa shape index (κ2) is 8.31. The van der Waals surface area contributed by atoms with Crippen molar-refractivity contribution in [2.45, 2.75) is 26.3 Å². The zero-order chi connectivity index (χ0) is 16.8. The molecule has 1 saturated heterocycles. The quantitative estimate of drug-likeness (QED) is 0.863. The summed E-state index contributed by atoms with van der Waals surface area (Å²) in [6, 6.07) is 6.19. The normalized spacial score (nSPS) is 16.3. The van der Waals surface area contributed by atoms with Crippen LogP contribution >= 0.6 is 11.6 Å². The molecule has 1 aliphatic rings. The van der Waals surface area contributed by atoms with Crippen LogP contribution in [0.15, 0.2) is 24.3 Å². The van der Waals surface area contributed by atoms with E-state index < -0.39 is 6.04 Å². The summed E-state index contributed by atoms with van der Waals surface area (Å²) in [5.41, 5.74) is 0.510. The van der Waals surface area contributed by atoms with Gasteiger partial charge in [0.15, 0.2) is 0 Å². The zero-order valence-corrected chi connectivity index (χ0v) is 14.4. The highest BCUT2D eigenvalue weighted by atomic mass is 35.5. The van der Waals surface area contributed by atoms with Crippen LogP contribution in [-0.4, -0.2) is 48.9 Å². The fourth-order valence-electron chi connectivity index (χ4n) is 2.64. The molecule has 1 aromatic rings. The molecular weight excluding hydrogens is 314 g/mol. The molecule has 1 fully saturated rings. The van der Waals surface area contributed by atoms with E-state index in [1.807, 2.05) is 18.7 Å². The highest BCUT2D eigenvalue weighted by Crippen LogP contribution is 2.12. The van der Waals surface area contributed by atoms with Crippen LogP contribution in [0.3, 0.4) is 0 Å². The molecule has 126 valence electrons. The number of nitrogens with zero attached hydrogens (tertiary/aromatic N) is 1. The number of rotatable bonds is 5. The third kappa shape index (κ3) is 5.22. The predicted octanol–water partition coefficient (Wildman–Crippen LogP) is 1.92. The van der Waals surface area contributed by atoms with Crippen molar-refractivity contribution in [2.75, 3.05) is 26.2 Å². The molecule has 2 amide bonds. The lowest BCUT2D eigenvalue weighted by molar-refractivity contribution is -0.134. The van der Waals surface area contributed by atoms with Crippen molar-refractivity contribution in [1.29, 1.82) is 0 Å². The minimum Gasteiger partial charge on any atom is -0.340 e. The lowest BCUT2D eigenvalue weighted by Gasteiger charge is -2.31. The van der Waals surface area contributed by atoms with Crippen molar-refractivity contribution in [3.05, 3.63) is 34.9 Å². The first-order valence-corrected chi connectivity index (χ1v) is 8.41. The van der Waals surface area contributed by atoms with Gasteiger partial charge in [0.25, 0.3) is 5.91 Å². The zero-order valence-electron chi connectivity index (χ0n) is 13.6. The Morgan fingerprint density at radius 1 is 1.22 bits per heavy atom. The Morgan fingerprint density at radius 2 is 1.83 bits per heavy atom. The van der Waals surface area contributed by atoms with Crippen molar-refractivity contribution in [3.63, 3.8) is 0 Å². The van der Waals surface area contributed by atoms with Gasteiger partial charge >= 0.3 is 0 Å². The maximum Gasteiger partial charge on any atom is 0.251 e. The highest BCUT2D eigenvalue weighted by molar-refractivity contribution is 6.30. The fourth-order valence-corrected chi connectivity index (χ4v) is 2.77. The van der Waals surface area contributed by atoms with E-state index in [0.717, 1.165) is 13.1 Å². The molecule has 0 spiro atoms. The smallest absolute Gasteiger partial charge is 0.251 e. The van der Waals surface area contributed by atoms with Gasteiger partial charge in [-0.1, -0.05) is 25.4 Å². The largest absolute Gasteiger partial charge is 0.340 e. The highest BCUT2D eigenvalue weighted by Gasteiger charge is 2.27. The van der Waals surface area contributed by atoms with Crippen molar-refractivity contribution in [2.24, 2.45) is 5.92 Å². The maximum atomic E-state index is 12.7. The molecule has 6 heteroatoms. The lowest BCUT2D eigenvalue weighted by atomic mass is 10.0. The van der Waals surface area contributed by atoms with Gasteiger partial charge in [-0.2, -0.15) is 0 Å². The van der Waals surface area contributed by atoms with E-state index in [1.165, 1.54) is 0 Å². The van der Waals surface area contributed by atoms with Crippen molar-refractivity contribution >= 4 is 23.4 Å². The molecule has 1 aliphatic heterocycles. The van der Waals surface area contributed by atoms with Crippen LogP contribution in [0.4, 0.5) is 0 Å². The number of amides is 2. The number of benzene rings is 1. The van der Waals surface area contributed by atoms with Crippen molar-refractivity contribution in [1.82, 2.24) is 15.5 Å². The Morgan fingerprint density at radius 3 is 2.39 bits per heavy atom. The predicted molar refractivity (Wildman–Crippen MR) is 91.6 cm³/mol. The summed E-state index contributed by atoms with van der Waals surface area (Å²) in [5, 5.41) is 6.70. The van der Waals surface area contributed by atoms with Crippen LogP contribution < -0.4 is 10.6 Å². The number of hydrogen-bond donors (Lipinski definition) is 2. The molecule has 5 nitrogen and oxygen atoms in total. The molecule has 1 aromatic carbocycles. The summed E-state index contributed by atoms with van der Waals surface area (Å²) in [6.07, 6.45) is 0.627. The number of nitrogens with one attached hydrogen (secondary N) is 2. The fraction of sp³-hybridized carbons (Fsp3) is 0.529. The van der Waals surface area contributed by atoms with Crippen LogP contribution in [0, 0.1) is 5.92 Å². The Labute approximate surface area is 142 Å². The van der Waals surface area contributed by atoms with Crippen LogP contribution in [-0.2, 0) is 4.79 Å². The van der Waals surface area contributed by atoms with E-state index in [2.05, 4.69) is 10.6 Å². The topological polar surface area (TPSA) is 61.4 Å². The second-order valence-corrected chi connectivity index (χ2v) is 6.67. The first kappa shape index (κ1) is 17.8. The van der Waals surface area contributed by atoms with Gasteiger partial charge in [-0.05, 0) is 36.6 Å². The number of carbonyl (C=O) groups excluding carboxylic acids is 2. The van der Waals surface area contributed by atoms with Crippen LogP contribution in [0.25, 0.3) is 0 Å². The van der Waals surface area contributed by atoms with Gasteiger partial charge in [-0.25, -0.2) is 0 Å². The molecule has 23 heavy (non-hydrogen) atoms. The van der Waals surface area contributed by atoms with Gasteiger partial charge in [0.05, 0.1) is 0 Å². The van der Waals surface area contributed by atoms with Gasteiger partial charge in [0.1, 0.15) is 6.04 Å². The molecule has 2 rings (SSSR count). The van der Waals surface area contributed by atoms with Crippen molar-refractivity contribution < 1.29 is 9.59 Å². The summed E-state index contributed by atoms with van der Waals surface area (Å²) in [4.78, 5) is 26.9. The Hall–Kier alpha value is -1.59. The molecule has 0 radical (unpaired) electrons. The van der Waals surface area contributed by atoms with E-state index in [1.54, 1.807) is 24.3 Å². The second-order valence-electron chi connectivity index (χ2n) is 6.24. The van der Waals surface area contributed by atoms with Gasteiger partial charge < -0.3 is 15.5 Å². The summed E-state index contributed by atoms with van der Waals surface area (Å²) >= 11 is 5.84. The third-order valence-corrected chi connectivity index (χ3v) is 4.10. The minimum absolute atomic E-state index is 0.00233. The molecule has 0 saturated carbocycles. The van der Waals surface area contributed by atoms with E-state index >= 15 is 0 Å². The number of piperazine rings is 1. The first-order valence-electron chi connectivity index (χ1n) is 8.03. The molecule has 2 N–H and O–H groups in total. The molecule has 1 unspecified atom stereocenters.